The lowest BCUT2D eigenvalue weighted by molar-refractivity contribution is 0.304. The van der Waals surface area contributed by atoms with Gasteiger partial charge in [0.1, 0.15) is 5.75 Å². The molecule has 0 atom stereocenters. The quantitative estimate of drug-likeness (QED) is 0.392. The van der Waals surface area contributed by atoms with Crippen LogP contribution in [0.2, 0.25) is 0 Å². The first-order valence-electron chi connectivity index (χ1n) is 7.72. The fourth-order valence-corrected chi connectivity index (χ4v) is 2.38. The van der Waals surface area contributed by atoms with E-state index in [9.17, 15) is 0 Å². The number of hydrogen-bond acceptors (Lipinski definition) is 2. The van der Waals surface area contributed by atoms with Crippen LogP contribution in [0.3, 0.4) is 0 Å². The summed E-state index contributed by atoms with van der Waals surface area (Å²) in [7, 11) is 0. The van der Waals surface area contributed by atoms with Crippen molar-refractivity contribution in [3.05, 3.63) is 30.3 Å². The molecule has 0 spiro atoms. The predicted octanol–water partition coefficient (Wildman–Crippen LogP) is 5.51. The topological polar surface area (TPSA) is 9.23 Å². The highest BCUT2D eigenvalue weighted by molar-refractivity contribution is 7.80. The molecule has 0 fully saturated rings. The highest BCUT2D eigenvalue weighted by Crippen LogP contribution is 2.12. The van der Waals surface area contributed by atoms with Crippen molar-refractivity contribution in [1.82, 2.24) is 0 Å². The van der Waals surface area contributed by atoms with Gasteiger partial charge in [0.2, 0.25) is 0 Å². The SMILES string of the molecule is SCCCCCCCCCCCOc1ccccc1. The first kappa shape index (κ1) is 16.4. The van der Waals surface area contributed by atoms with Crippen LogP contribution in [0.15, 0.2) is 30.3 Å². The summed E-state index contributed by atoms with van der Waals surface area (Å²) in [5, 5.41) is 0. The van der Waals surface area contributed by atoms with Crippen LogP contribution in [0, 0.1) is 0 Å². The fourth-order valence-electron chi connectivity index (χ4n) is 2.16. The van der Waals surface area contributed by atoms with E-state index in [0.29, 0.717) is 0 Å². The van der Waals surface area contributed by atoms with E-state index in [1.807, 2.05) is 30.3 Å². The summed E-state index contributed by atoms with van der Waals surface area (Å²) < 4.78 is 5.67. The van der Waals surface area contributed by atoms with Crippen molar-refractivity contribution in [3.63, 3.8) is 0 Å². The molecule has 0 heterocycles. The Kier molecular flexibility index (Phi) is 10.7. The van der Waals surface area contributed by atoms with Gasteiger partial charge in [-0.05, 0) is 30.7 Å². The zero-order valence-electron chi connectivity index (χ0n) is 12.0. The molecular weight excluding hydrogens is 252 g/mol. The normalized spacial score (nSPS) is 10.6. The van der Waals surface area contributed by atoms with E-state index in [4.69, 9.17) is 4.74 Å². The molecule has 0 saturated heterocycles. The van der Waals surface area contributed by atoms with E-state index in [2.05, 4.69) is 12.6 Å². The molecule has 1 aromatic rings. The van der Waals surface area contributed by atoms with Gasteiger partial charge in [0.15, 0.2) is 0 Å². The van der Waals surface area contributed by atoms with Crippen LogP contribution in [0.4, 0.5) is 0 Å². The third-order valence-electron chi connectivity index (χ3n) is 3.31. The predicted molar refractivity (Wildman–Crippen MR) is 87.3 cm³/mol. The minimum atomic E-state index is 0.853. The summed E-state index contributed by atoms with van der Waals surface area (Å²) in [5.41, 5.74) is 0. The van der Waals surface area contributed by atoms with Crippen LogP contribution >= 0.6 is 12.6 Å². The van der Waals surface area contributed by atoms with Crippen molar-refractivity contribution in [2.75, 3.05) is 12.4 Å². The molecule has 0 aromatic heterocycles. The van der Waals surface area contributed by atoms with E-state index in [-0.39, 0.29) is 0 Å². The molecule has 0 aliphatic heterocycles. The Morgan fingerprint density at radius 1 is 0.684 bits per heavy atom. The summed E-state index contributed by atoms with van der Waals surface area (Å²) in [5.74, 6) is 2.04. The molecule has 0 N–H and O–H groups in total. The second-order valence-electron chi connectivity index (χ2n) is 5.07. The molecule has 0 bridgehead atoms. The van der Waals surface area contributed by atoms with Gasteiger partial charge in [0.25, 0.3) is 0 Å². The highest BCUT2D eigenvalue weighted by atomic mass is 32.1. The number of unbranched alkanes of at least 4 members (excludes halogenated alkanes) is 8. The number of hydrogen-bond donors (Lipinski definition) is 1. The van der Waals surface area contributed by atoms with Crippen molar-refractivity contribution >= 4 is 12.6 Å². The van der Waals surface area contributed by atoms with Crippen LogP contribution in [-0.2, 0) is 0 Å². The Bertz CT molecular complexity index is 287. The van der Waals surface area contributed by atoms with Crippen molar-refractivity contribution in [2.24, 2.45) is 0 Å². The molecule has 19 heavy (non-hydrogen) atoms. The smallest absolute Gasteiger partial charge is 0.119 e. The lowest BCUT2D eigenvalue weighted by Crippen LogP contribution is -1.96. The molecule has 0 saturated carbocycles. The van der Waals surface area contributed by atoms with E-state index in [1.54, 1.807) is 0 Å². The molecule has 0 aliphatic rings. The molecule has 0 radical (unpaired) electrons. The van der Waals surface area contributed by atoms with Crippen LogP contribution < -0.4 is 4.74 Å². The number of para-hydroxylation sites is 1. The first-order valence-corrected chi connectivity index (χ1v) is 8.35. The maximum absolute atomic E-state index is 5.67. The lowest BCUT2D eigenvalue weighted by Gasteiger charge is -2.05. The monoisotopic (exact) mass is 280 g/mol. The van der Waals surface area contributed by atoms with E-state index < -0.39 is 0 Å². The molecule has 1 aromatic carbocycles. The molecule has 0 amide bonds. The first-order chi connectivity index (χ1) is 9.43. The Morgan fingerprint density at radius 3 is 1.79 bits per heavy atom. The minimum Gasteiger partial charge on any atom is -0.494 e. The van der Waals surface area contributed by atoms with Gasteiger partial charge in [0, 0.05) is 0 Å². The van der Waals surface area contributed by atoms with E-state index in [0.717, 1.165) is 18.1 Å². The van der Waals surface area contributed by atoms with Gasteiger partial charge in [-0.15, -0.1) is 0 Å². The Balaban J connectivity index is 1.79. The summed E-state index contributed by atoms with van der Waals surface area (Å²) in [6.45, 7) is 0.853. The summed E-state index contributed by atoms with van der Waals surface area (Å²) >= 11 is 4.23. The number of rotatable bonds is 12. The Labute approximate surface area is 124 Å². The number of benzene rings is 1. The van der Waals surface area contributed by atoms with Crippen molar-refractivity contribution < 1.29 is 4.74 Å². The van der Waals surface area contributed by atoms with Gasteiger partial charge in [-0.1, -0.05) is 63.1 Å². The highest BCUT2D eigenvalue weighted by Gasteiger charge is 1.94. The standard InChI is InChI=1S/C17H28OS/c19-16-12-7-5-3-1-2-4-6-11-15-18-17-13-9-8-10-14-17/h8-10,13-14,19H,1-7,11-12,15-16H2. The van der Waals surface area contributed by atoms with E-state index in [1.165, 1.54) is 57.8 Å². The molecule has 2 heteroatoms. The zero-order chi connectivity index (χ0) is 13.6. The second kappa shape index (κ2) is 12.4. The van der Waals surface area contributed by atoms with Crippen molar-refractivity contribution in [2.45, 2.75) is 57.8 Å². The van der Waals surface area contributed by atoms with Gasteiger partial charge in [0.05, 0.1) is 6.61 Å². The minimum absolute atomic E-state index is 0.853. The third-order valence-corrected chi connectivity index (χ3v) is 3.63. The summed E-state index contributed by atoms with van der Waals surface area (Å²) in [4.78, 5) is 0. The van der Waals surface area contributed by atoms with Gasteiger partial charge >= 0.3 is 0 Å². The Hall–Kier alpha value is -0.630. The van der Waals surface area contributed by atoms with E-state index >= 15 is 0 Å². The fraction of sp³-hybridized carbons (Fsp3) is 0.647. The van der Waals surface area contributed by atoms with Gasteiger partial charge in [-0.25, -0.2) is 0 Å². The molecular formula is C17H28OS. The molecule has 1 rings (SSSR count). The maximum atomic E-state index is 5.67. The van der Waals surface area contributed by atoms with Crippen molar-refractivity contribution in [3.8, 4) is 5.75 Å². The van der Waals surface area contributed by atoms with Gasteiger partial charge < -0.3 is 4.74 Å². The molecule has 108 valence electrons. The van der Waals surface area contributed by atoms with Gasteiger partial charge in [-0.3, -0.25) is 0 Å². The number of thiol groups is 1. The summed E-state index contributed by atoms with van der Waals surface area (Å²) in [6.07, 6.45) is 12.0. The molecule has 0 unspecified atom stereocenters. The third kappa shape index (κ3) is 9.89. The second-order valence-corrected chi connectivity index (χ2v) is 5.51. The number of ether oxygens (including phenoxy) is 1. The summed E-state index contributed by atoms with van der Waals surface area (Å²) in [6, 6.07) is 10.1. The van der Waals surface area contributed by atoms with Crippen LogP contribution in [0.5, 0.6) is 5.75 Å². The van der Waals surface area contributed by atoms with Crippen LogP contribution in [0.1, 0.15) is 57.8 Å². The van der Waals surface area contributed by atoms with Crippen LogP contribution in [0.25, 0.3) is 0 Å². The largest absolute Gasteiger partial charge is 0.494 e. The average molecular weight is 280 g/mol. The van der Waals surface area contributed by atoms with Crippen LogP contribution in [-0.4, -0.2) is 12.4 Å². The molecule has 1 nitrogen and oxygen atoms in total. The molecule has 0 aliphatic carbocycles. The van der Waals surface area contributed by atoms with Crippen molar-refractivity contribution in [1.29, 1.82) is 0 Å². The average Bonchev–Trinajstić information content (AvgIpc) is 2.46. The van der Waals surface area contributed by atoms with Gasteiger partial charge in [-0.2, -0.15) is 12.6 Å². The Morgan fingerprint density at radius 2 is 1.21 bits per heavy atom. The maximum Gasteiger partial charge on any atom is 0.119 e. The zero-order valence-corrected chi connectivity index (χ0v) is 12.9. The lowest BCUT2D eigenvalue weighted by atomic mass is 10.1.